The zero-order valence-corrected chi connectivity index (χ0v) is 11.8. The number of hydrogen-bond acceptors (Lipinski definition) is 3. The van der Waals surface area contributed by atoms with Crippen molar-refractivity contribution < 1.29 is 9.13 Å². The fourth-order valence-electron chi connectivity index (χ4n) is 1.75. The average molecular weight is 277 g/mol. The highest BCUT2D eigenvalue weighted by Crippen LogP contribution is 2.32. The van der Waals surface area contributed by atoms with Gasteiger partial charge in [-0.05, 0) is 43.4 Å². The Labute approximate surface area is 117 Å². The Kier molecular flexibility index (Phi) is 4.82. The number of halogens is 1. The van der Waals surface area contributed by atoms with Crippen LogP contribution < -0.4 is 10.1 Å². The molecule has 0 heterocycles. The normalized spacial score (nSPS) is 10.5. The van der Waals surface area contributed by atoms with Crippen LogP contribution in [-0.4, -0.2) is 14.2 Å². The van der Waals surface area contributed by atoms with Crippen LogP contribution >= 0.6 is 11.8 Å². The Balaban J connectivity index is 2.24. The van der Waals surface area contributed by atoms with Crippen molar-refractivity contribution in [1.82, 2.24) is 5.32 Å². The van der Waals surface area contributed by atoms with Gasteiger partial charge in [0.2, 0.25) is 0 Å². The van der Waals surface area contributed by atoms with Crippen LogP contribution in [0, 0.1) is 5.82 Å². The minimum Gasteiger partial charge on any atom is -0.497 e. The molecule has 2 nitrogen and oxygen atoms in total. The Bertz CT molecular complexity index is 542. The quantitative estimate of drug-likeness (QED) is 0.900. The van der Waals surface area contributed by atoms with E-state index in [-0.39, 0.29) is 5.82 Å². The maximum absolute atomic E-state index is 13.8. The van der Waals surface area contributed by atoms with Crippen molar-refractivity contribution in [2.75, 3.05) is 14.2 Å². The molecular formula is C15H16FNOS. The van der Waals surface area contributed by atoms with Gasteiger partial charge < -0.3 is 10.1 Å². The van der Waals surface area contributed by atoms with E-state index in [1.807, 2.05) is 37.4 Å². The third-order valence-electron chi connectivity index (χ3n) is 2.72. The molecule has 2 aromatic carbocycles. The molecule has 0 aliphatic rings. The number of methoxy groups -OCH3 is 1. The summed E-state index contributed by atoms with van der Waals surface area (Å²) in [6, 6.07) is 12.9. The molecule has 0 saturated carbocycles. The first-order chi connectivity index (χ1) is 9.24. The third-order valence-corrected chi connectivity index (χ3v) is 3.83. The van der Waals surface area contributed by atoms with Crippen molar-refractivity contribution in [3.63, 3.8) is 0 Å². The summed E-state index contributed by atoms with van der Waals surface area (Å²) < 4.78 is 18.9. The van der Waals surface area contributed by atoms with Gasteiger partial charge >= 0.3 is 0 Å². The molecule has 0 radical (unpaired) electrons. The van der Waals surface area contributed by atoms with Crippen LogP contribution in [0.1, 0.15) is 5.56 Å². The maximum Gasteiger partial charge on any atom is 0.128 e. The molecule has 4 heteroatoms. The summed E-state index contributed by atoms with van der Waals surface area (Å²) in [7, 11) is 3.45. The molecule has 0 fully saturated rings. The number of rotatable bonds is 5. The Morgan fingerprint density at radius 3 is 2.53 bits per heavy atom. The monoisotopic (exact) mass is 277 g/mol. The van der Waals surface area contributed by atoms with Crippen molar-refractivity contribution in [1.29, 1.82) is 0 Å². The Hall–Kier alpha value is -1.52. The standard InChI is InChI=1S/C15H16FNOS/c1-17-10-13-14(16)4-3-5-15(13)19-12-8-6-11(18-2)7-9-12/h3-9,17H,10H2,1-2H3. The first-order valence-corrected chi connectivity index (χ1v) is 6.80. The summed E-state index contributed by atoms with van der Waals surface area (Å²) in [5.41, 5.74) is 0.700. The Morgan fingerprint density at radius 1 is 1.16 bits per heavy atom. The first-order valence-electron chi connectivity index (χ1n) is 5.98. The van der Waals surface area contributed by atoms with E-state index in [1.165, 1.54) is 6.07 Å². The van der Waals surface area contributed by atoms with Crippen LogP contribution in [-0.2, 0) is 6.54 Å². The van der Waals surface area contributed by atoms with Gasteiger partial charge in [0.15, 0.2) is 0 Å². The van der Waals surface area contributed by atoms with Gasteiger partial charge in [-0.15, -0.1) is 0 Å². The van der Waals surface area contributed by atoms with E-state index in [0.717, 1.165) is 15.5 Å². The van der Waals surface area contributed by atoms with E-state index >= 15 is 0 Å². The molecule has 0 aliphatic heterocycles. The van der Waals surface area contributed by atoms with Gasteiger partial charge in [0.1, 0.15) is 11.6 Å². The van der Waals surface area contributed by atoms with Crippen molar-refractivity contribution in [2.24, 2.45) is 0 Å². The number of nitrogens with one attached hydrogen (secondary N) is 1. The lowest BCUT2D eigenvalue weighted by Crippen LogP contribution is -2.08. The highest BCUT2D eigenvalue weighted by molar-refractivity contribution is 7.99. The van der Waals surface area contributed by atoms with E-state index in [1.54, 1.807) is 24.9 Å². The zero-order valence-electron chi connectivity index (χ0n) is 10.9. The highest BCUT2D eigenvalue weighted by atomic mass is 32.2. The summed E-state index contributed by atoms with van der Waals surface area (Å²) in [5, 5.41) is 3.00. The van der Waals surface area contributed by atoms with Gasteiger partial charge in [-0.1, -0.05) is 17.8 Å². The molecule has 2 rings (SSSR count). The molecule has 1 N–H and O–H groups in total. The predicted molar refractivity (Wildman–Crippen MR) is 76.3 cm³/mol. The van der Waals surface area contributed by atoms with Crippen LogP contribution in [0.3, 0.4) is 0 Å². The minimum atomic E-state index is -0.173. The molecule has 0 unspecified atom stereocenters. The Morgan fingerprint density at radius 2 is 1.89 bits per heavy atom. The molecule has 0 aromatic heterocycles. The van der Waals surface area contributed by atoms with Gasteiger partial charge in [0.25, 0.3) is 0 Å². The van der Waals surface area contributed by atoms with Crippen LogP contribution in [0.15, 0.2) is 52.3 Å². The maximum atomic E-state index is 13.8. The lowest BCUT2D eigenvalue weighted by atomic mass is 10.2. The highest BCUT2D eigenvalue weighted by Gasteiger charge is 2.09. The predicted octanol–water partition coefficient (Wildman–Crippen LogP) is 3.70. The largest absolute Gasteiger partial charge is 0.497 e. The molecule has 0 spiro atoms. The molecule has 100 valence electrons. The van der Waals surface area contributed by atoms with Crippen LogP contribution in [0.2, 0.25) is 0 Å². The van der Waals surface area contributed by atoms with Crippen LogP contribution in [0.25, 0.3) is 0 Å². The SMILES string of the molecule is CNCc1c(F)cccc1Sc1ccc(OC)cc1. The van der Waals surface area contributed by atoms with E-state index in [0.29, 0.717) is 12.1 Å². The van der Waals surface area contributed by atoms with E-state index in [4.69, 9.17) is 4.74 Å². The van der Waals surface area contributed by atoms with Gasteiger partial charge in [0, 0.05) is 21.9 Å². The lowest BCUT2D eigenvalue weighted by molar-refractivity contribution is 0.414. The van der Waals surface area contributed by atoms with E-state index < -0.39 is 0 Å². The second-order valence-electron chi connectivity index (χ2n) is 4.02. The summed E-state index contributed by atoms with van der Waals surface area (Å²) in [6.07, 6.45) is 0. The summed E-state index contributed by atoms with van der Waals surface area (Å²) in [4.78, 5) is 1.99. The zero-order chi connectivity index (χ0) is 13.7. The topological polar surface area (TPSA) is 21.3 Å². The smallest absolute Gasteiger partial charge is 0.128 e. The number of benzene rings is 2. The van der Waals surface area contributed by atoms with E-state index in [2.05, 4.69) is 5.32 Å². The van der Waals surface area contributed by atoms with Gasteiger partial charge in [-0.3, -0.25) is 0 Å². The first kappa shape index (κ1) is 13.9. The van der Waals surface area contributed by atoms with Crippen molar-refractivity contribution in [3.05, 3.63) is 53.8 Å². The van der Waals surface area contributed by atoms with Gasteiger partial charge in [-0.2, -0.15) is 0 Å². The molecule has 2 aromatic rings. The van der Waals surface area contributed by atoms with E-state index in [9.17, 15) is 4.39 Å². The molecule has 0 aliphatic carbocycles. The second kappa shape index (κ2) is 6.59. The van der Waals surface area contributed by atoms with Crippen molar-refractivity contribution in [3.8, 4) is 5.75 Å². The molecular weight excluding hydrogens is 261 g/mol. The minimum absolute atomic E-state index is 0.173. The van der Waals surface area contributed by atoms with Crippen LogP contribution in [0.4, 0.5) is 4.39 Å². The molecule has 0 saturated heterocycles. The molecule has 0 amide bonds. The van der Waals surface area contributed by atoms with Crippen molar-refractivity contribution in [2.45, 2.75) is 16.3 Å². The summed E-state index contributed by atoms with van der Waals surface area (Å²) in [5.74, 6) is 0.645. The third kappa shape index (κ3) is 3.49. The second-order valence-corrected chi connectivity index (χ2v) is 5.14. The number of hydrogen-bond donors (Lipinski definition) is 1. The molecule has 19 heavy (non-hydrogen) atoms. The molecule has 0 atom stereocenters. The molecule has 0 bridgehead atoms. The van der Waals surface area contributed by atoms with Gasteiger partial charge in [-0.25, -0.2) is 4.39 Å². The fourth-order valence-corrected chi connectivity index (χ4v) is 2.72. The van der Waals surface area contributed by atoms with Crippen molar-refractivity contribution >= 4 is 11.8 Å². The number of ether oxygens (including phenoxy) is 1. The van der Waals surface area contributed by atoms with Gasteiger partial charge in [0.05, 0.1) is 7.11 Å². The fraction of sp³-hybridized carbons (Fsp3) is 0.200. The lowest BCUT2D eigenvalue weighted by Gasteiger charge is -2.10. The average Bonchev–Trinajstić information content (AvgIpc) is 2.43. The van der Waals surface area contributed by atoms with Crippen LogP contribution in [0.5, 0.6) is 5.75 Å². The summed E-state index contributed by atoms with van der Waals surface area (Å²) >= 11 is 1.55. The summed E-state index contributed by atoms with van der Waals surface area (Å²) in [6.45, 7) is 0.519.